The molecule has 0 saturated heterocycles. The van der Waals surface area contributed by atoms with Crippen LogP contribution >= 0.6 is 27.7 Å². The van der Waals surface area contributed by atoms with Crippen molar-refractivity contribution in [2.45, 2.75) is 20.9 Å². The Morgan fingerprint density at radius 2 is 1.39 bits per heavy atom. The fourth-order valence-electron chi connectivity index (χ4n) is 1.47. The van der Waals surface area contributed by atoms with E-state index in [0.717, 1.165) is 24.1 Å². The highest BCUT2D eigenvalue weighted by Gasteiger charge is 2.54. The number of rotatable bonds is 4. The van der Waals surface area contributed by atoms with E-state index in [2.05, 4.69) is 15.9 Å². The van der Waals surface area contributed by atoms with E-state index in [0.29, 0.717) is 4.90 Å². The maximum absolute atomic E-state index is 10.4. The number of hydrogen-bond acceptors (Lipinski definition) is 5. The molecule has 1 unspecified atom stereocenters. The van der Waals surface area contributed by atoms with Crippen LogP contribution in [-0.4, -0.2) is 60.0 Å². The van der Waals surface area contributed by atoms with Gasteiger partial charge < -0.3 is 20.4 Å². The number of halogens is 1. The zero-order valence-electron chi connectivity index (χ0n) is 10.4. The molecule has 0 aromatic heterocycles. The Morgan fingerprint density at radius 3 is 1.72 bits per heavy atom. The van der Waals surface area contributed by atoms with Crippen molar-refractivity contribution in [2.75, 3.05) is 0 Å². The zero-order valence-corrected chi connectivity index (χ0v) is 12.8. The molecule has 0 saturated carbocycles. The van der Waals surface area contributed by atoms with E-state index in [1.54, 1.807) is 24.3 Å². The van der Waals surface area contributed by atoms with Crippen molar-refractivity contribution < 1.29 is 20.4 Å². The summed E-state index contributed by atoms with van der Waals surface area (Å²) in [5.41, 5.74) is -2.46. The van der Waals surface area contributed by atoms with Gasteiger partial charge in [0.1, 0.15) is 15.7 Å². The van der Waals surface area contributed by atoms with Gasteiger partial charge in [-0.15, -0.1) is 0 Å². The highest BCUT2D eigenvalue weighted by molar-refractivity contribution is 9.10. The molecule has 0 heterocycles. The van der Waals surface area contributed by atoms with Gasteiger partial charge in [-0.05, 0) is 24.3 Å². The Bertz CT molecular complexity index is 401. The molecule has 1 aromatic rings. The van der Waals surface area contributed by atoms with E-state index in [9.17, 15) is 20.4 Å². The van der Waals surface area contributed by atoms with Crippen molar-refractivity contribution in [2.24, 2.45) is 0 Å². The summed E-state index contributed by atoms with van der Waals surface area (Å²) in [6.45, 7) is 0. The second-order valence-corrected chi connectivity index (χ2v) is 6.96. The Hall–Kier alpha value is 0.0848. The topological polar surface area (TPSA) is 80.9 Å². The predicted octanol–water partition coefficient (Wildman–Crippen LogP) is -2.59. The molecule has 0 radical (unpaired) electrons. The third-order valence-corrected chi connectivity index (χ3v) is 4.77. The molecular weight excluding hydrogens is 317 g/mol. The summed E-state index contributed by atoms with van der Waals surface area (Å²) in [6.07, 6.45) is 0. The average Bonchev–Trinajstić information content (AvgIpc) is 2.18. The van der Waals surface area contributed by atoms with Gasteiger partial charge in [-0.3, -0.25) is 0 Å². The van der Waals surface area contributed by atoms with E-state index in [1.807, 2.05) is 0 Å². The molecule has 0 aliphatic rings. The number of hydrogen-bond donors (Lipinski definition) is 4. The standard InChI is InChI=1S/C9H14B3BrO4S/c10-8(11,15)7(14,9(12,16)17)18-6-3-1-5(13)2-4-6/h1-4,14-17H,10-12H2. The van der Waals surface area contributed by atoms with E-state index in [1.165, 1.54) is 15.7 Å². The van der Waals surface area contributed by atoms with Gasteiger partial charge in [0, 0.05) is 14.8 Å². The minimum atomic E-state index is -2.46. The highest BCUT2D eigenvalue weighted by Crippen LogP contribution is 2.42. The monoisotopic (exact) mass is 330 g/mol. The Balaban J connectivity index is 3.12. The summed E-state index contributed by atoms with van der Waals surface area (Å²) in [6, 6.07) is 6.94. The van der Waals surface area contributed by atoms with Crippen LogP contribution in [0.25, 0.3) is 0 Å². The second-order valence-electron chi connectivity index (χ2n) is 4.78. The third kappa shape index (κ3) is 3.34. The predicted molar refractivity (Wildman–Crippen MR) is 82.7 cm³/mol. The first-order valence-electron chi connectivity index (χ1n) is 5.31. The Kier molecular flexibility index (Phi) is 4.69. The second kappa shape index (κ2) is 5.23. The van der Waals surface area contributed by atoms with Gasteiger partial charge in [0.15, 0.2) is 18.5 Å². The van der Waals surface area contributed by atoms with Gasteiger partial charge in [0.05, 0.1) is 0 Å². The molecule has 0 aliphatic carbocycles. The van der Waals surface area contributed by atoms with Crippen LogP contribution in [0.3, 0.4) is 0 Å². The van der Waals surface area contributed by atoms with Crippen LogP contribution in [0, 0.1) is 0 Å². The van der Waals surface area contributed by atoms with Crippen LogP contribution < -0.4 is 0 Å². The number of aliphatic hydroxyl groups is 4. The lowest BCUT2D eigenvalue weighted by molar-refractivity contribution is -0.204. The van der Waals surface area contributed by atoms with Gasteiger partial charge in [0.2, 0.25) is 0 Å². The Labute approximate surface area is 121 Å². The molecule has 0 amide bonds. The molecule has 96 valence electrons. The van der Waals surface area contributed by atoms with Crippen molar-refractivity contribution in [1.82, 2.24) is 0 Å². The van der Waals surface area contributed by atoms with Crippen LogP contribution in [0.15, 0.2) is 33.6 Å². The fourth-order valence-corrected chi connectivity index (χ4v) is 2.79. The first-order valence-corrected chi connectivity index (χ1v) is 6.92. The lowest BCUT2D eigenvalue weighted by Crippen LogP contribution is -2.67. The summed E-state index contributed by atoms with van der Waals surface area (Å²) in [4.78, 5) is -1.55. The van der Waals surface area contributed by atoms with Crippen molar-refractivity contribution in [1.29, 1.82) is 0 Å². The zero-order chi connectivity index (χ0) is 14.2. The molecule has 4 N–H and O–H groups in total. The molecular formula is C9H14B3BrO4S. The smallest absolute Gasteiger partial charge is 0.183 e. The van der Waals surface area contributed by atoms with Crippen molar-refractivity contribution in [3.8, 4) is 0 Å². The van der Waals surface area contributed by atoms with Crippen molar-refractivity contribution in [3.05, 3.63) is 28.7 Å². The first-order chi connectivity index (χ1) is 7.97. The molecule has 9 heteroatoms. The number of benzene rings is 1. The normalized spacial score (nSPS) is 16.3. The quantitative estimate of drug-likeness (QED) is 0.277. The van der Waals surface area contributed by atoms with Gasteiger partial charge in [-0.2, -0.15) is 0 Å². The minimum Gasteiger partial charge on any atom is -0.404 e. The summed E-state index contributed by atoms with van der Waals surface area (Å²) in [5.74, 6) is 0. The molecule has 18 heavy (non-hydrogen) atoms. The largest absolute Gasteiger partial charge is 0.404 e. The molecule has 4 nitrogen and oxygen atoms in total. The summed E-state index contributed by atoms with van der Waals surface area (Å²) < 4.78 is 0.870. The maximum Gasteiger partial charge on any atom is 0.183 e. The molecule has 1 atom stereocenters. The average molecular weight is 331 g/mol. The van der Waals surface area contributed by atoms with Crippen LogP contribution in [0.2, 0.25) is 0 Å². The van der Waals surface area contributed by atoms with Gasteiger partial charge in [0.25, 0.3) is 0 Å². The molecule has 1 aromatic carbocycles. The van der Waals surface area contributed by atoms with Crippen LogP contribution in [0.4, 0.5) is 0 Å². The lowest BCUT2D eigenvalue weighted by atomic mass is 9.57. The van der Waals surface area contributed by atoms with Crippen LogP contribution in [-0.2, 0) is 0 Å². The van der Waals surface area contributed by atoms with Crippen molar-refractivity contribution >= 4 is 51.2 Å². The van der Waals surface area contributed by atoms with E-state index < -0.39 is 16.0 Å². The van der Waals surface area contributed by atoms with Crippen molar-refractivity contribution in [3.63, 3.8) is 0 Å². The van der Waals surface area contributed by atoms with Crippen LogP contribution in [0.1, 0.15) is 0 Å². The molecule has 0 fully saturated rings. The van der Waals surface area contributed by atoms with Gasteiger partial charge in [-0.25, -0.2) is 0 Å². The molecule has 1 rings (SSSR count). The molecule has 0 spiro atoms. The summed E-state index contributed by atoms with van der Waals surface area (Å²) in [7, 11) is 3.68. The minimum absolute atomic E-state index is 0.608. The summed E-state index contributed by atoms with van der Waals surface area (Å²) >= 11 is 4.08. The first kappa shape index (κ1) is 16.1. The number of thioether (sulfide) groups is 1. The third-order valence-electron chi connectivity index (χ3n) is 2.55. The van der Waals surface area contributed by atoms with E-state index in [4.69, 9.17) is 0 Å². The Morgan fingerprint density at radius 1 is 0.944 bits per heavy atom. The maximum atomic E-state index is 10.4. The molecule has 0 bridgehead atoms. The molecule has 0 aliphatic heterocycles. The SMILES string of the molecule is BC(B)(O)C(O)(Sc1ccc(Br)cc1)C(B)(O)O. The highest BCUT2D eigenvalue weighted by atomic mass is 79.9. The lowest BCUT2D eigenvalue weighted by Gasteiger charge is -2.45. The fraction of sp³-hybridized carbons (Fsp3) is 0.333. The van der Waals surface area contributed by atoms with Gasteiger partial charge >= 0.3 is 0 Å². The van der Waals surface area contributed by atoms with Gasteiger partial charge in [-0.1, -0.05) is 27.7 Å². The van der Waals surface area contributed by atoms with Crippen LogP contribution in [0.5, 0.6) is 0 Å². The van der Waals surface area contributed by atoms with E-state index >= 15 is 0 Å². The summed E-state index contributed by atoms with van der Waals surface area (Å²) in [5, 5.41) is 38.1. The van der Waals surface area contributed by atoms with E-state index in [-0.39, 0.29) is 0 Å².